The number of nitrogens with zero attached hydrogens (tertiary/aromatic N) is 2. The Morgan fingerprint density at radius 2 is 2.00 bits per heavy atom. The highest BCUT2D eigenvalue weighted by molar-refractivity contribution is 5.75. The number of ether oxygens (including phenoxy) is 1. The Kier molecular flexibility index (Phi) is 3.06. The predicted molar refractivity (Wildman–Crippen MR) is 56.5 cm³/mol. The van der Waals surface area contributed by atoms with Gasteiger partial charge in [-0.1, -0.05) is 12.1 Å². The lowest BCUT2D eigenvalue weighted by molar-refractivity contribution is -0.181. The zero-order chi connectivity index (χ0) is 12.5. The Morgan fingerprint density at radius 1 is 1.29 bits per heavy atom. The second-order valence-corrected chi connectivity index (χ2v) is 3.67. The van der Waals surface area contributed by atoms with Crippen molar-refractivity contribution in [1.82, 2.24) is 9.55 Å². The molecule has 0 aliphatic heterocycles. The molecule has 0 saturated heterocycles. The lowest BCUT2D eigenvalue weighted by atomic mass is 10.3. The van der Waals surface area contributed by atoms with E-state index in [2.05, 4.69) is 9.72 Å². The molecule has 0 saturated carbocycles. The summed E-state index contributed by atoms with van der Waals surface area (Å²) >= 11 is 0. The molecule has 2 aromatic rings. The van der Waals surface area contributed by atoms with E-state index in [1.165, 1.54) is 0 Å². The number of aryl methyl sites for hydroxylation is 1. The second-order valence-electron chi connectivity index (χ2n) is 3.67. The Labute approximate surface area is 95.8 Å². The van der Waals surface area contributed by atoms with Crippen LogP contribution in [0.4, 0.5) is 13.2 Å². The van der Waals surface area contributed by atoms with Crippen molar-refractivity contribution in [1.29, 1.82) is 0 Å². The fourth-order valence-electron chi connectivity index (χ4n) is 1.61. The molecule has 6 heteroatoms. The first-order chi connectivity index (χ1) is 7.97. The van der Waals surface area contributed by atoms with Gasteiger partial charge in [0.05, 0.1) is 11.0 Å². The monoisotopic (exact) mass is 244 g/mol. The molecule has 17 heavy (non-hydrogen) atoms. The van der Waals surface area contributed by atoms with Crippen molar-refractivity contribution in [2.24, 2.45) is 0 Å². The summed E-state index contributed by atoms with van der Waals surface area (Å²) in [5.41, 5.74) is 1.52. The van der Waals surface area contributed by atoms with Gasteiger partial charge in [0.2, 0.25) is 0 Å². The number of imidazole rings is 1. The van der Waals surface area contributed by atoms with E-state index in [0.717, 1.165) is 11.0 Å². The molecule has 0 unspecified atom stereocenters. The highest BCUT2D eigenvalue weighted by atomic mass is 19.4. The molecule has 92 valence electrons. The number of hydrogen-bond acceptors (Lipinski definition) is 2. The van der Waals surface area contributed by atoms with E-state index < -0.39 is 12.8 Å². The van der Waals surface area contributed by atoms with Crippen molar-refractivity contribution in [3.63, 3.8) is 0 Å². The number of aromatic nitrogens is 2. The van der Waals surface area contributed by atoms with E-state index in [0.29, 0.717) is 5.82 Å². The first-order valence-electron chi connectivity index (χ1n) is 5.04. The summed E-state index contributed by atoms with van der Waals surface area (Å²) in [7, 11) is 0. The van der Waals surface area contributed by atoms with E-state index in [1.54, 1.807) is 17.6 Å². The standard InChI is InChI=1S/C11H11F3N2O/c1-8-15-9-4-2-3-5-10(9)16(8)7-17-6-11(12,13)14/h2-5H,6-7H2,1H3. The summed E-state index contributed by atoms with van der Waals surface area (Å²) in [4.78, 5) is 4.23. The maximum atomic E-state index is 11.9. The third-order valence-corrected chi connectivity index (χ3v) is 2.33. The number of benzene rings is 1. The summed E-state index contributed by atoms with van der Waals surface area (Å²) < 4.78 is 42.1. The second kappa shape index (κ2) is 4.37. The lowest BCUT2D eigenvalue weighted by Crippen LogP contribution is -2.18. The highest BCUT2D eigenvalue weighted by Gasteiger charge is 2.27. The Hall–Kier alpha value is -1.56. The molecule has 0 spiro atoms. The molecule has 0 bridgehead atoms. The number of hydrogen-bond donors (Lipinski definition) is 0. The van der Waals surface area contributed by atoms with Gasteiger partial charge in [-0.2, -0.15) is 13.2 Å². The van der Waals surface area contributed by atoms with Crippen molar-refractivity contribution in [3.8, 4) is 0 Å². The van der Waals surface area contributed by atoms with Crippen molar-refractivity contribution >= 4 is 11.0 Å². The largest absolute Gasteiger partial charge is 0.411 e. The topological polar surface area (TPSA) is 27.1 Å². The lowest BCUT2D eigenvalue weighted by Gasteiger charge is -2.10. The molecular formula is C11H11F3N2O. The van der Waals surface area contributed by atoms with Crippen LogP contribution < -0.4 is 0 Å². The predicted octanol–water partition coefficient (Wildman–Crippen LogP) is 2.88. The molecule has 0 atom stereocenters. The average molecular weight is 244 g/mol. The Bertz CT molecular complexity index is 519. The Morgan fingerprint density at radius 3 is 2.71 bits per heavy atom. The number of fused-ring (bicyclic) bond motifs is 1. The van der Waals surface area contributed by atoms with Crippen LogP contribution in [0.15, 0.2) is 24.3 Å². The maximum Gasteiger partial charge on any atom is 0.411 e. The van der Waals surface area contributed by atoms with Crippen molar-refractivity contribution in [2.75, 3.05) is 6.61 Å². The zero-order valence-corrected chi connectivity index (χ0v) is 9.16. The average Bonchev–Trinajstić information content (AvgIpc) is 2.54. The van der Waals surface area contributed by atoms with E-state index in [9.17, 15) is 13.2 Å². The van der Waals surface area contributed by atoms with Gasteiger partial charge in [0.15, 0.2) is 0 Å². The molecule has 0 N–H and O–H groups in total. The Balaban J connectivity index is 2.15. The molecule has 0 fully saturated rings. The fourth-order valence-corrected chi connectivity index (χ4v) is 1.61. The minimum Gasteiger partial charge on any atom is -0.351 e. The summed E-state index contributed by atoms with van der Waals surface area (Å²) in [5.74, 6) is 0.633. The SMILES string of the molecule is Cc1nc2ccccc2n1COCC(F)(F)F. The van der Waals surface area contributed by atoms with Gasteiger partial charge in [0.25, 0.3) is 0 Å². The first-order valence-corrected chi connectivity index (χ1v) is 5.04. The van der Waals surface area contributed by atoms with Crippen LogP contribution in [0.5, 0.6) is 0 Å². The van der Waals surface area contributed by atoms with E-state index >= 15 is 0 Å². The van der Waals surface area contributed by atoms with Crippen LogP contribution in [0.1, 0.15) is 5.82 Å². The van der Waals surface area contributed by atoms with Crippen LogP contribution in [-0.2, 0) is 11.5 Å². The van der Waals surface area contributed by atoms with Gasteiger partial charge < -0.3 is 9.30 Å². The number of para-hydroxylation sites is 2. The smallest absolute Gasteiger partial charge is 0.351 e. The van der Waals surface area contributed by atoms with Crippen molar-refractivity contribution < 1.29 is 17.9 Å². The third-order valence-electron chi connectivity index (χ3n) is 2.33. The van der Waals surface area contributed by atoms with Gasteiger partial charge in [0.1, 0.15) is 19.2 Å². The van der Waals surface area contributed by atoms with Crippen LogP contribution in [0.2, 0.25) is 0 Å². The van der Waals surface area contributed by atoms with E-state index in [4.69, 9.17) is 0 Å². The van der Waals surface area contributed by atoms with Gasteiger partial charge in [-0.25, -0.2) is 4.98 Å². The summed E-state index contributed by atoms with van der Waals surface area (Å²) in [6.45, 7) is 0.335. The van der Waals surface area contributed by atoms with Crippen LogP contribution in [0.25, 0.3) is 11.0 Å². The van der Waals surface area contributed by atoms with Crippen molar-refractivity contribution in [2.45, 2.75) is 19.8 Å². The summed E-state index contributed by atoms with van der Waals surface area (Å²) in [6.07, 6.45) is -4.30. The number of rotatable bonds is 3. The van der Waals surface area contributed by atoms with E-state index in [-0.39, 0.29) is 6.73 Å². The molecule has 0 aliphatic rings. The molecule has 0 amide bonds. The van der Waals surface area contributed by atoms with Gasteiger partial charge in [0, 0.05) is 0 Å². The van der Waals surface area contributed by atoms with Crippen LogP contribution in [-0.4, -0.2) is 22.3 Å². The van der Waals surface area contributed by atoms with Crippen LogP contribution >= 0.6 is 0 Å². The number of alkyl halides is 3. The number of halogens is 3. The molecule has 0 aliphatic carbocycles. The van der Waals surface area contributed by atoms with Gasteiger partial charge in [-0.15, -0.1) is 0 Å². The highest BCUT2D eigenvalue weighted by Crippen LogP contribution is 2.18. The molecule has 2 rings (SSSR count). The van der Waals surface area contributed by atoms with Gasteiger partial charge in [-0.05, 0) is 19.1 Å². The third kappa shape index (κ3) is 2.76. The molecule has 3 nitrogen and oxygen atoms in total. The minimum absolute atomic E-state index is 0.147. The molecular weight excluding hydrogens is 233 g/mol. The van der Waals surface area contributed by atoms with Crippen LogP contribution in [0.3, 0.4) is 0 Å². The maximum absolute atomic E-state index is 11.9. The zero-order valence-electron chi connectivity index (χ0n) is 9.16. The molecule has 1 aromatic heterocycles. The van der Waals surface area contributed by atoms with Gasteiger partial charge >= 0.3 is 6.18 Å². The minimum atomic E-state index is -4.30. The molecule has 1 aromatic carbocycles. The normalized spacial score (nSPS) is 12.2. The quantitative estimate of drug-likeness (QED) is 0.830. The fraction of sp³-hybridized carbons (Fsp3) is 0.364. The summed E-state index contributed by atoms with van der Waals surface area (Å²) in [5, 5.41) is 0. The molecule has 0 radical (unpaired) electrons. The van der Waals surface area contributed by atoms with Crippen molar-refractivity contribution in [3.05, 3.63) is 30.1 Å². The van der Waals surface area contributed by atoms with E-state index in [1.807, 2.05) is 18.2 Å². The molecule has 1 heterocycles. The van der Waals surface area contributed by atoms with Gasteiger partial charge in [-0.3, -0.25) is 0 Å². The van der Waals surface area contributed by atoms with Crippen LogP contribution in [0, 0.1) is 6.92 Å². The first kappa shape index (κ1) is 11.9. The summed E-state index contributed by atoms with van der Waals surface area (Å²) in [6, 6.07) is 7.24.